The zero-order valence-electron chi connectivity index (χ0n) is 23.2. The number of esters is 1. The van der Waals surface area contributed by atoms with E-state index in [2.05, 4.69) is 17.1 Å². The van der Waals surface area contributed by atoms with Crippen LogP contribution in [-0.4, -0.2) is 22.2 Å². The summed E-state index contributed by atoms with van der Waals surface area (Å²) in [6.45, 7) is 3.71. The van der Waals surface area contributed by atoms with Crippen molar-refractivity contribution < 1.29 is 14.6 Å². The Kier molecular flexibility index (Phi) is 6.51. The topological polar surface area (TPSA) is 80.9 Å². The van der Waals surface area contributed by atoms with E-state index < -0.39 is 12.0 Å². The fraction of sp³-hybridized carbons (Fsp3) is 0.424. The summed E-state index contributed by atoms with van der Waals surface area (Å²) in [5.41, 5.74) is 3.23. The molecule has 1 N–H and O–H groups in total. The third kappa shape index (κ3) is 4.40. The van der Waals surface area contributed by atoms with Gasteiger partial charge in [0.05, 0.1) is 22.4 Å². The average molecular weight is 589 g/mol. The molecule has 2 heterocycles. The van der Waals surface area contributed by atoms with E-state index in [1.165, 1.54) is 60.0 Å². The van der Waals surface area contributed by atoms with Gasteiger partial charge in [0, 0.05) is 10.6 Å². The molecule has 0 saturated heterocycles. The van der Waals surface area contributed by atoms with E-state index in [-0.39, 0.29) is 23.3 Å². The van der Waals surface area contributed by atoms with E-state index >= 15 is 0 Å². The molecule has 2 aromatic carbocycles. The van der Waals surface area contributed by atoms with Gasteiger partial charge in [-0.2, -0.15) is 0 Å². The maximum Gasteiger partial charge on any atom is 0.338 e. The number of thiazole rings is 1. The highest BCUT2D eigenvalue weighted by Gasteiger charge is 2.51. The van der Waals surface area contributed by atoms with Crippen molar-refractivity contribution in [3.8, 4) is 5.75 Å². The lowest BCUT2D eigenvalue weighted by molar-refractivity contribution is -0.139. The number of allylic oxidation sites excluding steroid dienone is 1. The number of rotatable bonds is 5. The normalized spacial score (nSPS) is 28.5. The van der Waals surface area contributed by atoms with Crippen LogP contribution in [-0.2, 0) is 14.9 Å². The predicted octanol–water partition coefficient (Wildman–Crippen LogP) is 5.63. The van der Waals surface area contributed by atoms with E-state index in [4.69, 9.17) is 16.3 Å². The molecule has 212 valence electrons. The first-order chi connectivity index (χ1) is 19.8. The highest BCUT2D eigenvalue weighted by molar-refractivity contribution is 7.07. The van der Waals surface area contributed by atoms with E-state index in [0.717, 1.165) is 17.8 Å². The van der Waals surface area contributed by atoms with Crippen molar-refractivity contribution in [3.63, 3.8) is 0 Å². The Balaban J connectivity index is 1.36. The van der Waals surface area contributed by atoms with Gasteiger partial charge in [0.25, 0.3) is 5.56 Å². The Labute approximate surface area is 247 Å². The monoisotopic (exact) mass is 588 g/mol. The molecule has 0 radical (unpaired) electrons. The van der Waals surface area contributed by atoms with Gasteiger partial charge in [0.15, 0.2) is 4.80 Å². The highest BCUT2D eigenvalue weighted by atomic mass is 35.5. The summed E-state index contributed by atoms with van der Waals surface area (Å²) < 4.78 is 7.36. The summed E-state index contributed by atoms with van der Waals surface area (Å²) in [5.74, 6) is 2.06. The molecule has 41 heavy (non-hydrogen) atoms. The number of hydrogen-bond acceptors (Lipinski definition) is 6. The molecule has 1 atom stereocenters. The number of carbonyl (C=O) groups excluding carboxylic acids is 1. The molecule has 4 bridgehead atoms. The lowest BCUT2D eigenvalue weighted by Crippen LogP contribution is -2.48. The van der Waals surface area contributed by atoms with Crippen molar-refractivity contribution in [1.29, 1.82) is 0 Å². The number of aromatic nitrogens is 1. The Hall–Kier alpha value is -3.16. The van der Waals surface area contributed by atoms with Crippen LogP contribution in [0.4, 0.5) is 0 Å². The van der Waals surface area contributed by atoms with Crippen molar-refractivity contribution in [2.24, 2.45) is 22.7 Å². The van der Waals surface area contributed by atoms with Gasteiger partial charge in [-0.1, -0.05) is 47.2 Å². The van der Waals surface area contributed by atoms with Gasteiger partial charge in [-0.25, -0.2) is 9.79 Å². The molecule has 0 spiro atoms. The van der Waals surface area contributed by atoms with Crippen molar-refractivity contribution in [2.75, 3.05) is 6.61 Å². The van der Waals surface area contributed by atoms with Crippen LogP contribution in [0, 0.1) is 17.8 Å². The summed E-state index contributed by atoms with van der Waals surface area (Å²) in [4.78, 5) is 32.3. The van der Waals surface area contributed by atoms with Crippen LogP contribution in [0.5, 0.6) is 5.75 Å². The second-order valence-corrected chi connectivity index (χ2v) is 13.7. The first kappa shape index (κ1) is 26.7. The summed E-state index contributed by atoms with van der Waals surface area (Å²) in [5, 5.41) is 11.4. The van der Waals surface area contributed by atoms with Crippen LogP contribution >= 0.6 is 22.9 Å². The summed E-state index contributed by atoms with van der Waals surface area (Å²) >= 11 is 7.87. The fourth-order valence-corrected chi connectivity index (χ4v) is 9.66. The zero-order chi connectivity index (χ0) is 28.5. The number of hydrogen-bond donors (Lipinski definition) is 1. The van der Waals surface area contributed by atoms with E-state index in [1.54, 1.807) is 32.1 Å². The number of phenols is 1. The molecule has 0 amide bonds. The van der Waals surface area contributed by atoms with Crippen LogP contribution in [0.15, 0.2) is 63.5 Å². The quantitative estimate of drug-likeness (QED) is 0.392. The second-order valence-electron chi connectivity index (χ2n) is 12.3. The van der Waals surface area contributed by atoms with Crippen LogP contribution < -0.4 is 14.9 Å². The van der Waals surface area contributed by atoms with E-state index in [1.807, 2.05) is 18.2 Å². The second kappa shape index (κ2) is 9.99. The molecule has 5 aliphatic rings. The first-order valence-corrected chi connectivity index (χ1v) is 15.7. The molecule has 6 nitrogen and oxygen atoms in total. The molecule has 4 saturated carbocycles. The van der Waals surface area contributed by atoms with Crippen LogP contribution in [0.1, 0.15) is 75.1 Å². The number of ether oxygens (including phenoxy) is 1. The minimum Gasteiger partial charge on any atom is -0.507 e. The van der Waals surface area contributed by atoms with Crippen molar-refractivity contribution in [2.45, 2.75) is 63.8 Å². The number of benzene rings is 2. The molecule has 4 aliphatic carbocycles. The predicted molar refractivity (Wildman–Crippen MR) is 160 cm³/mol. The maximum atomic E-state index is 14.0. The SMILES string of the molecule is CCOC(=O)C1=C(C)N=c2s/c(=C/c3cc(C45CC6CC(CC(C6)C4)C5)ccc3O)c(=O)n2[C@H]1c1ccccc1Cl. The third-order valence-electron chi connectivity index (χ3n) is 9.68. The number of nitrogens with zero attached hydrogens (tertiary/aromatic N) is 2. The summed E-state index contributed by atoms with van der Waals surface area (Å²) in [7, 11) is 0. The molecule has 8 heteroatoms. The number of fused-ring (bicyclic) bond motifs is 1. The highest BCUT2D eigenvalue weighted by Crippen LogP contribution is 2.60. The van der Waals surface area contributed by atoms with E-state index in [0.29, 0.717) is 36.8 Å². The van der Waals surface area contributed by atoms with Crippen molar-refractivity contribution in [3.05, 3.63) is 95.1 Å². The standard InChI is InChI=1S/C33H33ClN2O4S/c1-3-40-31(39)28-18(2)35-32-36(29(28)24-6-4-5-7-25(24)34)30(38)27(41-32)14-22-13-23(8-9-26(22)37)33-15-19-10-20(16-33)12-21(11-19)17-33/h4-9,13-14,19-21,29,37H,3,10-12,15-17H2,1-2H3/b27-14+/t19?,20?,21?,29-,33?/m0/s1. The fourth-order valence-electron chi connectivity index (χ4n) is 8.39. The lowest BCUT2D eigenvalue weighted by atomic mass is 9.48. The van der Waals surface area contributed by atoms with Gasteiger partial charge in [-0.15, -0.1) is 0 Å². The number of carbonyl (C=O) groups is 1. The van der Waals surface area contributed by atoms with Crippen molar-refractivity contribution in [1.82, 2.24) is 4.57 Å². The Morgan fingerprint density at radius 1 is 1.15 bits per heavy atom. The number of halogens is 1. The molecule has 4 fully saturated rings. The van der Waals surface area contributed by atoms with Gasteiger partial charge in [0.2, 0.25) is 0 Å². The van der Waals surface area contributed by atoms with Crippen LogP contribution in [0.25, 0.3) is 6.08 Å². The molecule has 3 aromatic rings. The lowest BCUT2D eigenvalue weighted by Gasteiger charge is -2.57. The van der Waals surface area contributed by atoms with Gasteiger partial charge in [-0.05, 0) is 111 Å². The van der Waals surface area contributed by atoms with Crippen LogP contribution in [0.2, 0.25) is 5.02 Å². The summed E-state index contributed by atoms with van der Waals surface area (Å²) in [6, 6.07) is 12.4. The number of phenolic OH excluding ortho intramolecular Hbond substituents is 1. The minimum atomic E-state index is -0.770. The van der Waals surface area contributed by atoms with Gasteiger partial charge in [0.1, 0.15) is 11.8 Å². The zero-order valence-corrected chi connectivity index (χ0v) is 24.8. The first-order valence-electron chi connectivity index (χ1n) is 14.5. The molecular weight excluding hydrogens is 556 g/mol. The largest absolute Gasteiger partial charge is 0.507 e. The molecule has 8 rings (SSSR count). The van der Waals surface area contributed by atoms with Crippen LogP contribution in [0.3, 0.4) is 0 Å². The van der Waals surface area contributed by atoms with Crippen molar-refractivity contribution >= 4 is 35.0 Å². The van der Waals surface area contributed by atoms with Gasteiger partial charge >= 0.3 is 5.97 Å². The van der Waals surface area contributed by atoms with Gasteiger partial charge < -0.3 is 9.84 Å². The minimum absolute atomic E-state index is 0.148. The molecule has 1 aliphatic heterocycles. The maximum absolute atomic E-state index is 14.0. The van der Waals surface area contributed by atoms with Gasteiger partial charge in [-0.3, -0.25) is 9.36 Å². The average Bonchev–Trinajstić information content (AvgIpc) is 3.23. The Morgan fingerprint density at radius 2 is 1.83 bits per heavy atom. The molecule has 0 unspecified atom stereocenters. The number of aromatic hydroxyl groups is 1. The summed E-state index contributed by atoms with van der Waals surface area (Å²) in [6.07, 6.45) is 9.54. The smallest absolute Gasteiger partial charge is 0.338 e. The third-order valence-corrected chi connectivity index (χ3v) is 11.0. The Bertz CT molecular complexity index is 1750. The Morgan fingerprint density at radius 3 is 2.49 bits per heavy atom. The molecular formula is C33H33ClN2O4S. The van der Waals surface area contributed by atoms with E-state index in [9.17, 15) is 14.7 Å². The molecule has 1 aromatic heterocycles.